The smallest absolute Gasteiger partial charge is 0.227 e. The number of nitrogens with zero attached hydrogens (tertiary/aromatic N) is 3. The molecule has 1 aliphatic heterocycles. The van der Waals surface area contributed by atoms with Gasteiger partial charge in [0.1, 0.15) is 11.6 Å². The first kappa shape index (κ1) is 16.7. The third-order valence-electron chi connectivity index (χ3n) is 4.70. The molecule has 0 bridgehead atoms. The Bertz CT molecular complexity index is 893. The van der Waals surface area contributed by atoms with Crippen LogP contribution in [0.25, 0.3) is 10.9 Å². The normalized spacial score (nSPS) is 15.8. The van der Waals surface area contributed by atoms with Gasteiger partial charge in [0.15, 0.2) is 0 Å². The molecule has 1 atom stereocenters. The standard InChI is InChI=1S/C20H22FN5/c1-14(15-5-3-2-4-6-15)23-19-17-13-16(21)7-8-18(17)24-20(25-19)26-11-9-22-10-12-26/h2-8,13-14,22H,9-12H2,1H3,(H,23,24,25). The number of fused-ring (bicyclic) bond motifs is 1. The van der Waals surface area contributed by atoms with Gasteiger partial charge in [-0.3, -0.25) is 0 Å². The summed E-state index contributed by atoms with van der Waals surface area (Å²) in [6.07, 6.45) is 0. The molecule has 134 valence electrons. The Morgan fingerprint density at radius 2 is 1.85 bits per heavy atom. The molecule has 1 aromatic heterocycles. The van der Waals surface area contributed by atoms with Crippen LogP contribution in [-0.4, -0.2) is 36.1 Å². The Labute approximate surface area is 152 Å². The number of benzene rings is 2. The van der Waals surface area contributed by atoms with E-state index in [9.17, 15) is 4.39 Å². The van der Waals surface area contributed by atoms with Gasteiger partial charge in [-0.25, -0.2) is 9.37 Å². The van der Waals surface area contributed by atoms with Gasteiger partial charge in [-0.2, -0.15) is 4.98 Å². The fourth-order valence-corrected chi connectivity index (χ4v) is 3.23. The van der Waals surface area contributed by atoms with E-state index in [-0.39, 0.29) is 11.9 Å². The minimum atomic E-state index is -0.286. The summed E-state index contributed by atoms with van der Waals surface area (Å²) < 4.78 is 13.8. The van der Waals surface area contributed by atoms with E-state index in [0.717, 1.165) is 37.3 Å². The van der Waals surface area contributed by atoms with Gasteiger partial charge in [0.05, 0.1) is 5.52 Å². The van der Waals surface area contributed by atoms with E-state index in [4.69, 9.17) is 4.98 Å². The molecule has 1 aliphatic rings. The van der Waals surface area contributed by atoms with E-state index in [0.29, 0.717) is 17.2 Å². The number of rotatable bonds is 4. The van der Waals surface area contributed by atoms with Gasteiger partial charge >= 0.3 is 0 Å². The first-order valence-corrected chi connectivity index (χ1v) is 8.95. The number of nitrogens with one attached hydrogen (secondary N) is 2. The number of halogens is 1. The lowest BCUT2D eigenvalue weighted by atomic mass is 10.1. The summed E-state index contributed by atoms with van der Waals surface area (Å²) in [7, 11) is 0. The Morgan fingerprint density at radius 1 is 1.08 bits per heavy atom. The van der Waals surface area contributed by atoms with Gasteiger partial charge in [0, 0.05) is 37.6 Å². The summed E-state index contributed by atoms with van der Waals surface area (Å²) in [6, 6.07) is 14.9. The Balaban J connectivity index is 1.74. The van der Waals surface area contributed by atoms with Gasteiger partial charge in [-0.05, 0) is 30.7 Å². The second-order valence-electron chi connectivity index (χ2n) is 6.55. The maximum Gasteiger partial charge on any atom is 0.227 e. The van der Waals surface area contributed by atoms with E-state index in [1.165, 1.54) is 12.1 Å². The molecule has 26 heavy (non-hydrogen) atoms. The zero-order chi connectivity index (χ0) is 17.9. The summed E-state index contributed by atoms with van der Waals surface area (Å²) in [5.74, 6) is 1.07. The monoisotopic (exact) mass is 351 g/mol. The number of hydrogen-bond donors (Lipinski definition) is 2. The van der Waals surface area contributed by atoms with Crippen molar-refractivity contribution in [2.45, 2.75) is 13.0 Å². The largest absolute Gasteiger partial charge is 0.363 e. The molecule has 1 unspecified atom stereocenters. The number of anilines is 2. The number of aromatic nitrogens is 2. The van der Waals surface area contributed by atoms with Crippen LogP contribution in [0.4, 0.5) is 16.2 Å². The highest BCUT2D eigenvalue weighted by Crippen LogP contribution is 2.28. The average Bonchev–Trinajstić information content (AvgIpc) is 2.69. The second kappa shape index (κ2) is 7.25. The second-order valence-corrected chi connectivity index (χ2v) is 6.55. The van der Waals surface area contributed by atoms with Gasteiger partial charge in [0.25, 0.3) is 0 Å². The van der Waals surface area contributed by atoms with E-state index in [2.05, 4.69) is 39.6 Å². The molecule has 0 saturated carbocycles. The Morgan fingerprint density at radius 3 is 2.62 bits per heavy atom. The summed E-state index contributed by atoms with van der Waals surface area (Å²) in [5.41, 5.74) is 1.90. The fourth-order valence-electron chi connectivity index (χ4n) is 3.23. The van der Waals surface area contributed by atoms with Crippen LogP contribution in [0.3, 0.4) is 0 Å². The third-order valence-corrected chi connectivity index (χ3v) is 4.70. The van der Waals surface area contributed by atoms with Crippen LogP contribution in [0.1, 0.15) is 18.5 Å². The zero-order valence-corrected chi connectivity index (χ0v) is 14.7. The van der Waals surface area contributed by atoms with Crippen LogP contribution < -0.4 is 15.5 Å². The molecule has 4 rings (SSSR count). The molecule has 5 nitrogen and oxygen atoms in total. The molecule has 0 aliphatic carbocycles. The molecule has 2 aromatic carbocycles. The molecule has 3 aromatic rings. The van der Waals surface area contributed by atoms with Crippen LogP contribution in [0.15, 0.2) is 48.5 Å². The topological polar surface area (TPSA) is 53.1 Å². The predicted octanol–water partition coefficient (Wildman–Crippen LogP) is 3.35. The average molecular weight is 351 g/mol. The van der Waals surface area contributed by atoms with Crippen LogP contribution in [0.2, 0.25) is 0 Å². The van der Waals surface area contributed by atoms with Crippen molar-refractivity contribution >= 4 is 22.7 Å². The summed E-state index contributed by atoms with van der Waals surface area (Å²) in [4.78, 5) is 11.6. The summed E-state index contributed by atoms with van der Waals surface area (Å²) in [5, 5.41) is 7.48. The molecule has 6 heteroatoms. The van der Waals surface area contributed by atoms with Crippen molar-refractivity contribution in [2.75, 3.05) is 36.4 Å². The van der Waals surface area contributed by atoms with E-state index < -0.39 is 0 Å². The van der Waals surface area contributed by atoms with E-state index in [1.54, 1.807) is 6.07 Å². The minimum Gasteiger partial charge on any atom is -0.363 e. The predicted molar refractivity (Wildman–Crippen MR) is 103 cm³/mol. The summed E-state index contributed by atoms with van der Waals surface area (Å²) in [6.45, 7) is 5.62. The van der Waals surface area contributed by atoms with E-state index >= 15 is 0 Å². The van der Waals surface area contributed by atoms with Crippen molar-refractivity contribution in [3.05, 3.63) is 59.9 Å². The molecular weight excluding hydrogens is 329 g/mol. The highest BCUT2D eigenvalue weighted by atomic mass is 19.1. The molecule has 1 fully saturated rings. The maximum absolute atomic E-state index is 13.8. The molecule has 1 saturated heterocycles. The lowest BCUT2D eigenvalue weighted by Crippen LogP contribution is -2.44. The highest BCUT2D eigenvalue weighted by Gasteiger charge is 2.17. The summed E-state index contributed by atoms with van der Waals surface area (Å²) >= 11 is 0. The molecule has 2 heterocycles. The Hall–Kier alpha value is -2.73. The van der Waals surface area contributed by atoms with Crippen molar-refractivity contribution < 1.29 is 4.39 Å². The van der Waals surface area contributed by atoms with Crippen LogP contribution >= 0.6 is 0 Å². The minimum absolute atomic E-state index is 0.0495. The lowest BCUT2D eigenvalue weighted by molar-refractivity contribution is 0.580. The van der Waals surface area contributed by atoms with Crippen molar-refractivity contribution in [2.24, 2.45) is 0 Å². The highest BCUT2D eigenvalue weighted by molar-refractivity contribution is 5.90. The molecule has 0 spiro atoms. The van der Waals surface area contributed by atoms with Crippen molar-refractivity contribution in [3.8, 4) is 0 Å². The maximum atomic E-state index is 13.8. The first-order chi connectivity index (χ1) is 12.7. The van der Waals surface area contributed by atoms with Gasteiger partial charge < -0.3 is 15.5 Å². The zero-order valence-electron chi connectivity index (χ0n) is 14.7. The fraction of sp³-hybridized carbons (Fsp3) is 0.300. The molecule has 0 amide bonds. The van der Waals surface area contributed by atoms with Crippen LogP contribution in [-0.2, 0) is 0 Å². The molecule has 2 N–H and O–H groups in total. The third kappa shape index (κ3) is 3.46. The van der Waals surface area contributed by atoms with Crippen molar-refractivity contribution in [3.63, 3.8) is 0 Å². The Kier molecular flexibility index (Phi) is 4.67. The number of hydrogen-bond acceptors (Lipinski definition) is 5. The van der Waals surface area contributed by atoms with Crippen molar-refractivity contribution in [1.82, 2.24) is 15.3 Å². The van der Waals surface area contributed by atoms with Crippen molar-refractivity contribution in [1.29, 1.82) is 0 Å². The van der Waals surface area contributed by atoms with E-state index in [1.807, 2.05) is 18.2 Å². The molecule has 0 radical (unpaired) electrons. The van der Waals surface area contributed by atoms with Crippen LogP contribution in [0.5, 0.6) is 0 Å². The van der Waals surface area contributed by atoms with Gasteiger partial charge in [-0.1, -0.05) is 30.3 Å². The van der Waals surface area contributed by atoms with Gasteiger partial charge in [-0.15, -0.1) is 0 Å². The van der Waals surface area contributed by atoms with Gasteiger partial charge in [0.2, 0.25) is 5.95 Å². The first-order valence-electron chi connectivity index (χ1n) is 8.95. The van der Waals surface area contributed by atoms with Crippen LogP contribution in [0, 0.1) is 5.82 Å². The molecular formula is C20H22FN5. The number of piperazine rings is 1. The SMILES string of the molecule is CC(Nc1nc(N2CCNCC2)nc2ccc(F)cc12)c1ccccc1. The lowest BCUT2D eigenvalue weighted by Gasteiger charge is -2.28. The quantitative estimate of drug-likeness (QED) is 0.755.